The van der Waals surface area contributed by atoms with Gasteiger partial charge in [0.2, 0.25) is 0 Å². The van der Waals surface area contributed by atoms with Crippen LogP contribution in [0.2, 0.25) is 0 Å². The molecule has 0 aliphatic carbocycles. The minimum atomic E-state index is -0.613. The molecule has 2 unspecified atom stereocenters. The molecule has 90 valence electrons. The number of piperidine rings is 2. The summed E-state index contributed by atoms with van der Waals surface area (Å²) in [7, 11) is 0. The highest BCUT2D eigenvalue weighted by molar-refractivity contribution is 6.07. The van der Waals surface area contributed by atoms with Crippen molar-refractivity contribution in [2.45, 2.75) is 49.7 Å². The second-order valence-corrected chi connectivity index (χ2v) is 4.89. The fraction of sp³-hybridized carbons (Fsp3) is 0.800. The van der Waals surface area contributed by atoms with E-state index in [1.165, 1.54) is 6.42 Å². The molecule has 2 atom stereocenters. The van der Waals surface area contributed by atoms with Crippen LogP contribution >= 0.6 is 12.4 Å². The van der Waals surface area contributed by atoms with E-state index < -0.39 is 5.54 Å². The number of nitrogens with one attached hydrogen (secondary N) is 3. The number of halogens is 1. The average molecular weight is 246 g/mol. The zero-order valence-electron chi connectivity index (χ0n) is 8.91. The first-order valence-corrected chi connectivity index (χ1v) is 5.58. The second kappa shape index (κ2) is 3.89. The van der Waals surface area contributed by atoms with Crippen molar-refractivity contribution >= 4 is 24.3 Å². The molecule has 3 saturated heterocycles. The summed E-state index contributed by atoms with van der Waals surface area (Å²) >= 11 is 0. The lowest BCUT2D eigenvalue weighted by atomic mass is 9.75. The van der Waals surface area contributed by atoms with E-state index in [9.17, 15) is 9.59 Å². The van der Waals surface area contributed by atoms with Crippen molar-refractivity contribution in [3.8, 4) is 0 Å². The van der Waals surface area contributed by atoms with Crippen LogP contribution in [0.5, 0.6) is 0 Å². The van der Waals surface area contributed by atoms with Gasteiger partial charge in [0.1, 0.15) is 5.54 Å². The van der Waals surface area contributed by atoms with E-state index in [1.54, 1.807) is 0 Å². The number of fused-ring (bicyclic) bond motifs is 2. The molecule has 6 heteroatoms. The lowest BCUT2D eigenvalue weighted by Crippen LogP contribution is -2.62. The molecule has 3 aliphatic heterocycles. The van der Waals surface area contributed by atoms with Crippen molar-refractivity contribution in [2.24, 2.45) is 0 Å². The predicted molar refractivity (Wildman–Crippen MR) is 60.5 cm³/mol. The molecule has 3 fully saturated rings. The minimum absolute atomic E-state index is 0. The summed E-state index contributed by atoms with van der Waals surface area (Å²) in [5, 5.41) is 8.67. The average Bonchev–Trinajstić information content (AvgIpc) is 2.40. The third-order valence-corrected chi connectivity index (χ3v) is 3.78. The Morgan fingerprint density at radius 1 is 1.12 bits per heavy atom. The Labute approximate surface area is 100 Å². The quantitative estimate of drug-likeness (QED) is 0.538. The normalized spacial score (nSPS) is 41.2. The van der Waals surface area contributed by atoms with Crippen LogP contribution in [-0.2, 0) is 4.79 Å². The summed E-state index contributed by atoms with van der Waals surface area (Å²) in [6, 6.07) is 0.447. The molecule has 5 nitrogen and oxygen atoms in total. The lowest BCUT2D eigenvalue weighted by Gasteiger charge is -2.44. The van der Waals surface area contributed by atoms with Gasteiger partial charge in [0, 0.05) is 12.1 Å². The van der Waals surface area contributed by atoms with Crippen molar-refractivity contribution in [3.63, 3.8) is 0 Å². The summed E-state index contributed by atoms with van der Waals surface area (Å²) in [6.07, 6.45) is 4.93. The fourth-order valence-corrected chi connectivity index (χ4v) is 3.17. The number of carbonyl (C=O) groups is 2. The van der Waals surface area contributed by atoms with Crippen LogP contribution in [0.3, 0.4) is 0 Å². The molecular formula is C10H16ClN3O2. The Kier molecular flexibility index (Phi) is 2.84. The van der Waals surface area contributed by atoms with Crippen molar-refractivity contribution in [2.75, 3.05) is 0 Å². The monoisotopic (exact) mass is 245 g/mol. The van der Waals surface area contributed by atoms with Crippen molar-refractivity contribution in [1.29, 1.82) is 0 Å². The van der Waals surface area contributed by atoms with Crippen LogP contribution < -0.4 is 16.0 Å². The lowest BCUT2D eigenvalue weighted by molar-refractivity contribution is -0.126. The predicted octanol–water partition coefficient (Wildman–Crippen LogP) is 0.291. The van der Waals surface area contributed by atoms with Crippen LogP contribution in [0, 0.1) is 0 Å². The molecule has 3 rings (SSSR count). The Morgan fingerprint density at radius 3 is 2.25 bits per heavy atom. The molecule has 3 N–H and O–H groups in total. The van der Waals surface area contributed by atoms with Gasteiger partial charge in [0.05, 0.1) is 0 Å². The largest absolute Gasteiger partial charge is 0.323 e. The van der Waals surface area contributed by atoms with E-state index in [2.05, 4.69) is 16.0 Å². The van der Waals surface area contributed by atoms with Crippen LogP contribution in [0.1, 0.15) is 32.1 Å². The molecule has 0 radical (unpaired) electrons. The first-order valence-electron chi connectivity index (χ1n) is 5.58. The van der Waals surface area contributed by atoms with Gasteiger partial charge in [-0.15, -0.1) is 12.4 Å². The first-order chi connectivity index (χ1) is 7.18. The molecule has 3 aliphatic rings. The van der Waals surface area contributed by atoms with E-state index in [4.69, 9.17) is 0 Å². The zero-order valence-corrected chi connectivity index (χ0v) is 9.73. The minimum Gasteiger partial charge on any atom is -0.323 e. The second-order valence-electron chi connectivity index (χ2n) is 4.89. The van der Waals surface area contributed by atoms with Gasteiger partial charge in [0.25, 0.3) is 5.91 Å². The molecule has 0 saturated carbocycles. The third kappa shape index (κ3) is 1.68. The van der Waals surface area contributed by atoms with E-state index in [1.807, 2.05) is 0 Å². The van der Waals surface area contributed by atoms with Gasteiger partial charge in [-0.2, -0.15) is 0 Å². The van der Waals surface area contributed by atoms with Crippen molar-refractivity contribution in [3.05, 3.63) is 0 Å². The highest BCUT2D eigenvalue weighted by Crippen LogP contribution is 2.34. The van der Waals surface area contributed by atoms with Gasteiger partial charge in [-0.25, -0.2) is 4.79 Å². The van der Waals surface area contributed by atoms with Gasteiger partial charge < -0.3 is 10.6 Å². The van der Waals surface area contributed by atoms with Crippen molar-refractivity contribution in [1.82, 2.24) is 16.0 Å². The van der Waals surface area contributed by atoms with Crippen LogP contribution in [0.15, 0.2) is 0 Å². The van der Waals surface area contributed by atoms with Gasteiger partial charge in [-0.05, 0) is 25.7 Å². The zero-order chi connectivity index (χ0) is 10.5. The number of amides is 3. The smallest absolute Gasteiger partial charge is 0.322 e. The van der Waals surface area contributed by atoms with Gasteiger partial charge >= 0.3 is 6.03 Å². The number of hydrogen-bond acceptors (Lipinski definition) is 3. The first kappa shape index (κ1) is 11.7. The number of urea groups is 1. The highest BCUT2D eigenvalue weighted by Gasteiger charge is 2.51. The van der Waals surface area contributed by atoms with Crippen molar-refractivity contribution < 1.29 is 9.59 Å². The van der Waals surface area contributed by atoms with Crippen LogP contribution in [0.25, 0.3) is 0 Å². The van der Waals surface area contributed by atoms with E-state index in [-0.39, 0.29) is 24.3 Å². The summed E-state index contributed by atoms with van der Waals surface area (Å²) < 4.78 is 0. The fourth-order valence-electron chi connectivity index (χ4n) is 3.17. The maximum atomic E-state index is 11.8. The number of carbonyl (C=O) groups excluding carboxylic acids is 2. The molecule has 16 heavy (non-hydrogen) atoms. The van der Waals surface area contributed by atoms with Gasteiger partial charge in [0.15, 0.2) is 0 Å². The molecule has 1 spiro atoms. The number of imide groups is 1. The van der Waals surface area contributed by atoms with E-state index in [0.29, 0.717) is 12.1 Å². The number of rotatable bonds is 0. The SMILES string of the molecule is Cl.O=C1NC(=O)C2(CC3CCCC(C2)N3)N1. The Balaban J connectivity index is 0.000000963. The van der Waals surface area contributed by atoms with Gasteiger partial charge in [-0.3, -0.25) is 10.1 Å². The molecule has 3 heterocycles. The maximum Gasteiger partial charge on any atom is 0.322 e. The molecular weight excluding hydrogens is 230 g/mol. The summed E-state index contributed by atoms with van der Waals surface area (Å²) in [4.78, 5) is 23.0. The summed E-state index contributed by atoms with van der Waals surface area (Å²) in [5.41, 5.74) is -0.613. The van der Waals surface area contributed by atoms with Crippen LogP contribution in [-0.4, -0.2) is 29.6 Å². The Morgan fingerprint density at radius 2 is 1.75 bits per heavy atom. The molecule has 0 aromatic rings. The molecule has 2 bridgehead atoms. The maximum absolute atomic E-state index is 11.8. The Bertz CT molecular complexity index is 322. The highest BCUT2D eigenvalue weighted by atomic mass is 35.5. The Hall–Kier alpha value is -0.810. The van der Waals surface area contributed by atoms with Crippen LogP contribution in [0.4, 0.5) is 4.79 Å². The summed E-state index contributed by atoms with van der Waals surface area (Å²) in [6.45, 7) is 0. The molecule has 0 aromatic carbocycles. The number of hydrogen-bond donors (Lipinski definition) is 3. The topological polar surface area (TPSA) is 70.2 Å². The molecule has 0 aromatic heterocycles. The third-order valence-electron chi connectivity index (χ3n) is 3.78. The van der Waals surface area contributed by atoms with E-state index >= 15 is 0 Å². The summed E-state index contributed by atoms with van der Waals surface area (Å²) in [5.74, 6) is -0.133. The van der Waals surface area contributed by atoms with E-state index in [0.717, 1.165) is 25.7 Å². The van der Waals surface area contributed by atoms with Gasteiger partial charge in [-0.1, -0.05) is 6.42 Å². The standard InChI is InChI=1S/C10H15N3O2.ClH/c14-8-10(13-9(15)12-8)4-6-2-1-3-7(5-10)11-6;/h6-7,11H,1-5H2,(H2,12,13,14,15);1H. The molecule has 3 amide bonds.